The number of anilines is 1. The molecule has 2 aromatic rings. The predicted molar refractivity (Wildman–Crippen MR) is 82.8 cm³/mol. The molecule has 8 heteroatoms. The van der Waals surface area contributed by atoms with E-state index >= 15 is 0 Å². The van der Waals surface area contributed by atoms with Crippen LogP contribution in [0.5, 0.6) is 17.2 Å². The Bertz CT molecular complexity index is 927. The van der Waals surface area contributed by atoms with Crippen molar-refractivity contribution in [2.75, 3.05) is 5.32 Å². The number of cyclic esters (lactones) is 1. The van der Waals surface area contributed by atoms with Crippen molar-refractivity contribution in [1.29, 1.82) is 0 Å². The number of hydrogen-bond donors (Lipinski definition) is 2. The van der Waals surface area contributed by atoms with Gasteiger partial charge in [-0.2, -0.15) is 0 Å². The number of ether oxygens (including phenoxy) is 3. The molecule has 126 valence electrons. The Morgan fingerprint density at radius 2 is 2.24 bits per heavy atom. The van der Waals surface area contributed by atoms with Crippen LogP contribution in [0.4, 0.5) is 10.6 Å². The van der Waals surface area contributed by atoms with E-state index < -0.39 is 18.0 Å². The van der Waals surface area contributed by atoms with E-state index in [-0.39, 0.29) is 18.6 Å². The SMILES string of the molecule is O=C1Nc2nccc(Oc3ccc4c(c3)C3C(O4)C3C(=O)O)c2CO1. The lowest BCUT2D eigenvalue weighted by Crippen LogP contribution is -2.21. The number of benzene rings is 1. The van der Waals surface area contributed by atoms with E-state index in [0.29, 0.717) is 28.6 Å². The molecule has 5 rings (SSSR count). The van der Waals surface area contributed by atoms with Gasteiger partial charge in [0.25, 0.3) is 0 Å². The number of nitrogens with one attached hydrogen (secondary N) is 1. The molecule has 0 saturated heterocycles. The van der Waals surface area contributed by atoms with Crippen LogP contribution in [0.15, 0.2) is 30.5 Å². The van der Waals surface area contributed by atoms with Gasteiger partial charge in [-0.3, -0.25) is 10.1 Å². The fourth-order valence-electron chi connectivity index (χ4n) is 3.41. The minimum atomic E-state index is -0.844. The Morgan fingerprint density at radius 3 is 3.08 bits per heavy atom. The minimum Gasteiger partial charge on any atom is -0.489 e. The van der Waals surface area contributed by atoms with Crippen molar-refractivity contribution in [1.82, 2.24) is 4.98 Å². The number of hydrogen-bond acceptors (Lipinski definition) is 6. The van der Waals surface area contributed by atoms with E-state index in [0.717, 1.165) is 5.56 Å². The van der Waals surface area contributed by atoms with Crippen LogP contribution in [0, 0.1) is 5.92 Å². The summed E-state index contributed by atoms with van der Waals surface area (Å²) in [6.07, 6.45) is 0.708. The van der Waals surface area contributed by atoms with Crippen LogP contribution in [-0.4, -0.2) is 28.3 Å². The maximum Gasteiger partial charge on any atom is 0.413 e. The summed E-state index contributed by atoms with van der Waals surface area (Å²) >= 11 is 0. The predicted octanol–water partition coefficient (Wildman–Crippen LogP) is 2.50. The highest BCUT2D eigenvalue weighted by molar-refractivity contribution is 5.86. The first-order valence-corrected chi connectivity index (χ1v) is 7.75. The summed E-state index contributed by atoms with van der Waals surface area (Å²) in [5.74, 6) is 0.738. The first kappa shape index (κ1) is 14.1. The topological polar surface area (TPSA) is 107 Å². The summed E-state index contributed by atoms with van der Waals surface area (Å²) < 4.78 is 16.5. The van der Waals surface area contributed by atoms with E-state index in [4.69, 9.17) is 14.2 Å². The summed E-state index contributed by atoms with van der Waals surface area (Å²) in [7, 11) is 0. The second-order valence-electron chi connectivity index (χ2n) is 6.11. The first-order valence-electron chi connectivity index (χ1n) is 7.75. The molecule has 8 nitrogen and oxygen atoms in total. The summed E-state index contributed by atoms with van der Waals surface area (Å²) in [6.45, 7) is 0.0736. The smallest absolute Gasteiger partial charge is 0.413 e. The van der Waals surface area contributed by atoms with Crippen LogP contribution < -0.4 is 14.8 Å². The fraction of sp³-hybridized carbons (Fsp3) is 0.235. The van der Waals surface area contributed by atoms with Crippen LogP contribution >= 0.6 is 0 Å². The van der Waals surface area contributed by atoms with E-state index in [1.54, 1.807) is 24.3 Å². The molecular weight excluding hydrogens is 328 g/mol. The van der Waals surface area contributed by atoms with Crippen LogP contribution in [-0.2, 0) is 16.1 Å². The molecule has 3 aliphatic rings. The van der Waals surface area contributed by atoms with Gasteiger partial charge in [0.2, 0.25) is 0 Å². The minimum absolute atomic E-state index is 0.0736. The number of amides is 1. The van der Waals surface area contributed by atoms with Gasteiger partial charge in [-0.05, 0) is 24.3 Å². The Balaban J connectivity index is 1.44. The molecule has 3 unspecified atom stereocenters. The molecule has 1 saturated carbocycles. The second kappa shape index (κ2) is 4.85. The average Bonchev–Trinajstić information content (AvgIpc) is 3.19. The number of carboxylic acids is 1. The number of carbonyl (C=O) groups is 2. The van der Waals surface area contributed by atoms with Gasteiger partial charge in [0.1, 0.15) is 41.7 Å². The lowest BCUT2D eigenvalue weighted by atomic mass is 10.1. The lowest BCUT2D eigenvalue weighted by Gasteiger charge is -2.19. The maximum atomic E-state index is 11.3. The zero-order valence-corrected chi connectivity index (χ0v) is 12.8. The Morgan fingerprint density at radius 1 is 1.36 bits per heavy atom. The molecule has 1 aliphatic carbocycles. The van der Waals surface area contributed by atoms with Crippen molar-refractivity contribution >= 4 is 17.9 Å². The summed E-state index contributed by atoms with van der Waals surface area (Å²) in [4.78, 5) is 26.6. The quantitative estimate of drug-likeness (QED) is 0.884. The van der Waals surface area contributed by atoms with E-state index in [2.05, 4.69) is 10.3 Å². The average molecular weight is 340 g/mol. The number of pyridine rings is 1. The molecule has 0 spiro atoms. The third-order valence-corrected chi connectivity index (χ3v) is 4.65. The van der Waals surface area contributed by atoms with Gasteiger partial charge in [0, 0.05) is 17.7 Å². The first-order chi connectivity index (χ1) is 12.1. The van der Waals surface area contributed by atoms with Gasteiger partial charge < -0.3 is 19.3 Å². The Labute approximate surface area is 141 Å². The van der Waals surface area contributed by atoms with E-state index in [1.807, 2.05) is 0 Å². The summed E-state index contributed by atoms with van der Waals surface area (Å²) in [5.41, 5.74) is 1.49. The maximum absolute atomic E-state index is 11.3. The molecule has 0 bridgehead atoms. The van der Waals surface area contributed by atoms with E-state index in [9.17, 15) is 14.7 Å². The Kier molecular flexibility index (Phi) is 2.74. The van der Waals surface area contributed by atoms with Crippen molar-refractivity contribution in [2.24, 2.45) is 5.92 Å². The van der Waals surface area contributed by atoms with Crippen LogP contribution in [0.3, 0.4) is 0 Å². The van der Waals surface area contributed by atoms with Gasteiger partial charge >= 0.3 is 12.1 Å². The zero-order chi connectivity index (χ0) is 17.1. The van der Waals surface area contributed by atoms with Crippen LogP contribution in [0.2, 0.25) is 0 Å². The van der Waals surface area contributed by atoms with E-state index in [1.165, 1.54) is 6.20 Å². The standard InChI is InChI=1S/C17H12N2O6/c20-16(21)13-12-8-5-7(1-2-10(8)25-14(12)13)24-11-3-4-18-15-9(11)6-23-17(22)19-15/h1-5,12-14H,6H2,(H,20,21)(H,18,19,22). The largest absolute Gasteiger partial charge is 0.489 e. The van der Waals surface area contributed by atoms with Crippen molar-refractivity contribution in [3.8, 4) is 17.2 Å². The third kappa shape index (κ3) is 2.10. The molecule has 3 heterocycles. The van der Waals surface area contributed by atoms with Crippen molar-refractivity contribution < 1.29 is 28.9 Å². The highest BCUT2D eigenvalue weighted by Gasteiger charge is 2.63. The molecule has 1 aromatic carbocycles. The van der Waals surface area contributed by atoms with Gasteiger partial charge in [0.15, 0.2) is 0 Å². The number of nitrogens with zero attached hydrogens (tertiary/aromatic N) is 1. The fourth-order valence-corrected chi connectivity index (χ4v) is 3.41. The number of rotatable bonds is 3. The third-order valence-electron chi connectivity index (χ3n) is 4.65. The van der Waals surface area contributed by atoms with Crippen LogP contribution in [0.25, 0.3) is 0 Å². The number of fused-ring (bicyclic) bond motifs is 4. The number of aromatic nitrogens is 1. The van der Waals surface area contributed by atoms with Gasteiger partial charge in [-0.15, -0.1) is 0 Å². The molecule has 2 aliphatic heterocycles. The van der Waals surface area contributed by atoms with Crippen molar-refractivity contribution in [3.63, 3.8) is 0 Å². The molecule has 1 amide bonds. The molecule has 3 atom stereocenters. The second-order valence-corrected chi connectivity index (χ2v) is 6.11. The monoisotopic (exact) mass is 340 g/mol. The Hall–Kier alpha value is -3.29. The van der Waals surface area contributed by atoms with Gasteiger partial charge in [-0.1, -0.05) is 0 Å². The summed E-state index contributed by atoms with van der Waals surface area (Å²) in [5, 5.41) is 11.7. The number of carbonyl (C=O) groups excluding carboxylic acids is 1. The highest BCUT2D eigenvalue weighted by atomic mass is 16.6. The van der Waals surface area contributed by atoms with Crippen LogP contribution in [0.1, 0.15) is 17.0 Å². The van der Waals surface area contributed by atoms with Gasteiger partial charge in [-0.25, -0.2) is 9.78 Å². The van der Waals surface area contributed by atoms with Gasteiger partial charge in [0.05, 0.1) is 5.56 Å². The van der Waals surface area contributed by atoms with Crippen molar-refractivity contribution in [2.45, 2.75) is 18.6 Å². The lowest BCUT2D eigenvalue weighted by molar-refractivity contribution is -0.139. The number of aliphatic carboxylic acids is 1. The van der Waals surface area contributed by atoms with Crippen molar-refractivity contribution in [3.05, 3.63) is 41.6 Å². The highest BCUT2D eigenvalue weighted by Crippen LogP contribution is 2.59. The molecular formula is C17H12N2O6. The molecule has 2 N–H and O–H groups in total. The number of carboxylic acid groups (broad SMARTS) is 1. The summed E-state index contributed by atoms with van der Waals surface area (Å²) in [6, 6.07) is 7.03. The molecule has 0 radical (unpaired) electrons. The zero-order valence-electron chi connectivity index (χ0n) is 12.8. The molecule has 25 heavy (non-hydrogen) atoms. The normalized spacial score (nSPS) is 24.8. The molecule has 1 fully saturated rings. The molecule has 1 aromatic heterocycles.